The van der Waals surface area contributed by atoms with E-state index in [1.165, 1.54) is 6.07 Å². The van der Waals surface area contributed by atoms with Crippen molar-refractivity contribution < 1.29 is 9.13 Å². The van der Waals surface area contributed by atoms with Crippen LogP contribution in [0.2, 0.25) is 0 Å². The Kier molecular flexibility index (Phi) is 6.06. The zero-order valence-electron chi connectivity index (χ0n) is 14.1. The lowest BCUT2D eigenvalue weighted by atomic mass is 10.3. The number of nitrogens with zero attached hydrogens (tertiary/aromatic N) is 3. The molecule has 0 unspecified atom stereocenters. The minimum atomic E-state index is -0.383. The average molecular weight is 357 g/mol. The molecular formula is C19H20FN3OS. The van der Waals surface area contributed by atoms with Gasteiger partial charge in [0, 0.05) is 11.4 Å². The van der Waals surface area contributed by atoms with E-state index in [2.05, 4.69) is 17.1 Å². The third-order valence-electron chi connectivity index (χ3n) is 3.64. The van der Waals surface area contributed by atoms with Gasteiger partial charge in [0.25, 0.3) is 0 Å². The van der Waals surface area contributed by atoms with Crippen molar-refractivity contribution in [3.63, 3.8) is 0 Å². The predicted octanol–water partition coefficient (Wildman–Crippen LogP) is 4.88. The van der Waals surface area contributed by atoms with Crippen LogP contribution in [0, 0.1) is 5.82 Å². The molecule has 2 aromatic carbocycles. The summed E-state index contributed by atoms with van der Waals surface area (Å²) < 4.78 is 21.3. The highest BCUT2D eigenvalue weighted by atomic mass is 32.2. The van der Waals surface area contributed by atoms with Crippen LogP contribution >= 0.6 is 11.8 Å². The van der Waals surface area contributed by atoms with Gasteiger partial charge in [-0.05, 0) is 30.7 Å². The fourth-order valence-corrected chi connectivity index (χ4v) is 3.39. The maximum atomic E-state index is 13.8. The molecule has 0 aliphatic rings. The number of unbranched alkanes of at least 4 members (excludes halogenated alkanes) is 1. The molecule has 25 heavy (non-hydrogen) atoms. The fraction of sp³-hybridized carbons (Fsp3) is 0.263. The largest absolute Gasteiger partial charge is 0.483 e. The summed E-state index contributed by atoms with van der Waals surface area (Å²) >= 11 is 1.67. The number of halogens is 1. The van der Waals surface area contributed by atoms with Gasteiger partial charge in [0.15, 0.2) is 22.5 Å². The second-order valence-electron chi connectivity index (χ2n) is 5.49. The summed E-state index contributed by atoms with van der Waals surface area (Å²) in [5.41, 5.74) is 0.971. The molecule has 0 aliphatic carbocycles. The Morgan fingerprint density at radius 1 is 1.04 bits per heavy atom. The lowest BCUT2D eigenvalue weighted by Gasteiger charge is -2.11. The monoisotopic (exact) mass is 357 g/mol. The van der Waals surface area contributed by atoms with Crippen LogP contribution in [-0.2, 0) is 6.61 Å². The first-order valence-corrected chi connectivity index (χ1v) is 9.28. The van der Waals surface area contributed by atoms with Crippen molar-refractivity contribution in [3.8, 4) is 11.4 Å². The lowest BCUT2D eigenvalue weighted by molar-refractivity contribution is 0.278. The van der Waals surface area contributed by atoms with Crippen molar-refractivity contribution in [1.29, 1.82) is 0 Å². The van der Waals surface area contributed by atoms with Crippen molar-refractivity contribution in [2.75, 3.05) is 5.75 Å². The maximum Gasteiger partial charge on any atom is 0.195 e. The number of ether oxygens (including phenoxy) is 1. The van der Waals surface area contributed by atoms with Gasteiger partial charge in [-0.3, -0.25) is 4.57 Å². The molecule has 0 aliphatic heterocycles. The number of hydrogen-bond acceptors (Lipinski definition) is 4. The molecule has 0 bridgehead atoms. The summed E-state index contributed by atoms with van der Waals surface area (Å²) in [5, 5.41) is 9.39. The Hall–Kier alpha value is -2.34. The smallest absolute Gasteiger partial charge is 0.195 e. The Balaban J connectivity index is 1.84. The van der Waals surface area contributed by atoms with Crippen LogP contribution in [0.25, 0.3) is 5.69 Å². The zero-order chi connectivity index (χ0) is 17.5. The molecule has 1 aromatic heterocycles. The minimum Gasteiger partial charge on any atom is -0.483 e. The molecule has 3 aromatic rings. The molecule has 0 atom stereocenters. The number of benzene rings is 2. The zero-order valence-corrected chi connectivity index (χ0v) is 14.9. The van der Waals surface area contributed by atoms with Crippen LogP contribution < -0.4 is 4.74 Å². The first kappa shape index (κ1) is 17.5. The van der Waals surface area contributed by atoms with Gasteiger partial charge < -0.3 is 4.74 Å². The number of thioether (sulfide) groups is 1. The highest BCUT2D eigenvalue weighted by molar-refractivity contribution is 7.99. The Morgan fingerprint density at radius 3 is 2.56 bits per heavy atom. The Labute approximate surface area is 151 Å². The van der Waals surface area contributed by atoms with E-state index in [4.69, 9.17) is 4.74 Å². The van der Waals surface area contributed by atoms with Gasteiger partial charge in [0.1, 0.15) is 6.61 Å². The van der Waals surface area contributed by atoms with Crippen molar-refractivity contribution in [2.24, 2.45) is 0 Å². The van der Waals surface area contributed by atoms with Crippen molar-refractivity contribution in [3.05, 3.63) is 66.2 Å². The summed E-state index contributed by atoms with van der Waals surface area (Å²) in [7, 11) is 0. The summed E-state index contributed by atoms with van der Waals surface area (Å²) in [5.74, 6) is 1.46. The van der Waals surface area contributed by atoms with Crippen molar-refractivity contribution >= 4 is 11.8 Å². The minimum absolute atomic E-state index is 0.150. The van der Waals surface area contributed by atoms with Crippen LogP contribution in [0.1, 0.15) is 25.6 Å². The summed E-state index contributed by atoms with van der Waals surface area (Å²) in [6, 6.07) is 16.3. The van der Waals surface area contributed by atoms with E-state index >= 15 is 0 Å². The molecule has 0 N–H and O–H groups in total. The molecule has 1 heterocycles. The Bertz CT molecular complexity index is 807. The van der Waals surface area contributed by atoms with Crippen LogP contribution in [0.4, 0.5) is 4.39 Å². The molecule has 0 radical (unpaired) electrons. The number of hydrogen-bond donors (Lipinski definition) is 0. The molecule has 4 nitrogen and oxygen atoms in total. The second-order valence-corrected chi connectivity index (χ2v) is 6.55. The van der Waals surface area contributed by atoms with Gasteiger partial charge in [-0.15, -0.1) is 10.2 Å². The van der Waals surface area contributed by atoms with Gasteiger partial charge in [-0.2, -0.15) is 0 Å². The maximum absolute atomic E-state index is 13.8. The molecule has 0 amide bonds. The fourth-order valence-electron chi connectivity index (χ4n) is 2.34. The van der Waals surface area contributed by atoms with E-state index in [9.17, 15) is 4.39 Å². The van der Waals surface area contributed by atoms with Gasteiger partial charge >= 0.3 is 0 Å². The number of aromatic nitrogens is 3. The normalized spacial score (nSPS) is 10.8. The van der Waals surface area contributed by atoms with E-state index in [1.807, 2.05) is 34.9 Å². The predicted molar refractivity (Wildman–Crippen MR) is 97.7 cm³/mol. The molecule has 0 spiro atoms. The first-order valence-electron chi connectivity index (χ1n) is 8.29. The molecule has 0 saturated carbocycles. The van der Waals surface area contributed by atoms with E-state index in [0.29, 0.717) is 5.82 Å². The summed E-state index contributed by atoms with van der Waals surface area (Å²) in [4.78, 5) is 0. The molecule has 0 fully saturated rings. The molecule has 0 saturated heterocycles. The quantitative estimate of drug-likeness (QED) is 0.426. The molecule has 3 rings (SSSR count). The molecule has 6 heteroatoms. The lowest BCUT2D eigenvalue weighted by Crippen LogP contribution is -2.07. The summed E-state index contributed by atoms with van der Waals surface area (Å²) in [6.07, 6.45) is 2.25. The van der Waals surface area contributed by atoms with Crippen molar-refractivity contribution in [1.82, 2.24) is 14.8 Å². The highest BCUT2D eigenvalue weighted by Gasteiger charge is 2.15. The second kappa shape index (κ2) is 8.67. The number of rotatable bonds is 8. The van der Waals surface area contributed by atoms with Gasteiger partial charge in [-0.1, -0.05) is 55.4 Å². The average Bonchev–Trinajstić information content (AvgIpc) is 3.05. The topological polar surface area (TPSA) is 39.9 Å². The van der Waals surface area contributed by atoms with E-state index in [1.54, 1.807) is 30.0 Å². The first-order chi connectivity index (χ1) is 12.3. The highest BCUT2D eigenvalue weighted by Crippen LogP contribution is 2.24. The summed E-state index contributed by atoms with van der Waals surface area (Å²) in [6.45, 7) is 2.31. The Morgan fingerprint density at radius 2 is 1.80 bits per heavy atom. The van der Waals surface area contributed by atoms with Crippen molar-refractivity contribution in [2.45, 2.75) is 31.5 Å². The van der Waals surface area contributed by atoms with Gasteiger partial charge in [0.05, 0.1) is 0 Å². The van der Waals surface area contributed by atoms with Crippen LogP contribution in [-0.4, -0.2) is 20.5 Å². The number of para-hydroxylation sites is 2. The van der Waals surface area contributed by atoms with Gasteiger partial charge in [-0.25, -0.2) is 4.39 Å². The van der Waals surface area contributed by atoms with Crippen LogP contribution in [0.15, 0.2) is 59.8 Å². The SMILES string of the molecule is CCCCSc1nnc(COc2ccccc2F)n1-c1ccccc1. The van der Waals surface area contributed by atoms with E-state index < -0.39 is 0 Å². The van der Waals surface area contributed by atoms with E-state index in [0.717, 1.165) is 29.4 Å². The van der Waals surface area contributed by atoms with Crippen LogP contribution in [0.5, 0.6) is 5.75 Å². The van der Waals surface area contributed by atoms with E-state index in [-0.39, 0.29) is 18.2 Å². The third kappa shape index (κ3) is 4.39. The molecular weight excluding hydrogens is 337 g/mol. The van der Waals surface area contributed by atoms with Gasteiger partial charge in [0.2, 0.25) is 0 Å². The third-order valence-corrected chi connectivity index (χ3v) is 4.65. The molecule has 130 valence electrons. The standard InChI is InChI=1S/C19H20FN3OS/c1-2-3-13-25-19-22-21-18(23(19)15-9-5-4-6-10-15)14-24-17-12-8-7-11-16(17)20/h4-12H,2-3,13-14H2,1H3. The van der Waals surface area contributed by atoms with Crippen LogP contribution in [0.3, 0.4) is 0 Å².